The predicted molar refractivity (Wildman–Crippen MR) is 85.6 cm³/mol. The Morgan fingerprint density at radius 2 is 1.96 bits per heavy atom. The topological polar surface area (TPSA) is 53.5 Å². The molecule has 2 unspecified atom stereocenters. The SMILES string of the molecule is CC1CN(C(=O)[C@H](C)C(F)(F)F)CCC1N(C)C(=O)c1ncc(F)cc1F. The zero-order valence-corrected chi connectivity index (χ0v) is 15.1. The minimum atomic E-state index is -4.62. The third-order valence-corrected chi connectivity index (χ3v) is 4.86. The number of amides is 2. The maximum Gasteiger partial charge on any atom is 0.400 e. The molecule has 2 rings (SSSR count). The minimum absolute atomic E-state index is 0.0425. The molecule has 3 atom stereocenters. The summed E-state index contributed by atoms with van der Waals surface area (Å²) in [4.78, 5) is 30.3. The maximum atomic E-state index is 13.8. The second kappa shape index (κ2) is 7.77. The fraction of sp³-hybridized carbons (Fsp3) is 0.588. The zero-order valence-electron chi connectivity index (χ0n) is 15.1. The first-order valence-electron chi connectivity index (χ1n) is 8.37. The van der Waals surface area contributed by atoms with Crippen LogP contribution >= 0.6 is 0 Å². The number of halogens is 5. The van der Waals surface area contributed by atoms with Crippen LogP contribution in [0.3, 0.4) is 0 Å². The molecule has 1 saturated heterocycles. The number of alkyl halides is 3. The van der Waals surface area contributed by atoms with Gasteiger partial charge in [-0.2, -0.15) is 13.2 Å². The molecule has 1 aliphatic heterocycles. The lowest BCUT2D eigenvalue weighted by atomic mass is 9.91. The van der Waals surface area contributed by atoms with Crippen LogP contribution in [0.15, 0.2) is 12.3 Å². The van der Waals surface area contributed by atoms with Crippen LogP contribution in [0.1, 0.15) is 30.8 Å². The van der Waals surface area contributed by atoms with Gasteiger partial charge in [-0.15, -0.1) is 0 Å². The van der Waals surface area contributed by atoms with E-state index in [2.05, 4.69) is 4.98 Å². The molecule has 2 heterocycles. The molecule has 1 fully saturated rings. The molecule has 0 aliphatic carbocycles. The highest BCUT2D eigenvalue weighted by atomic mass is 19.4. The van der Waals surface area contributed by atoms with Crippen LogP contribution in [-0.4, -0.2) is 59.0 Å². The molecule has 2 amide bonds. The second-order valence-corrected chi connectivity index (χ2v) is 6.78. The quantitative estimate of drug-likeness (QED) is 0.743. The van der Waals surface area contributed by atoms with Gasteiger partial charge < -0.3 is 9.80 Å². The van der Waals surface area contributed by atoms with Crippen molar-refractivity contribution in [1.82, 2.24) is 14.8 Å². The van der Waals surface area contributed by atoms with Crippen molar-refractivity contribution in [2.45, 2.75) is 32.5 Å². The van der Waals surface area contributed by atoms with Gasteiger partial charge in [0.25, 0.3) is 5.91 Å². The Morgan fingerprint density at radius 1 is 1.33 bits per heavy atom. The molecule has 1 aromatic rings. The van der Waals surface area contributed by atoms with E-state index in [1.165, 1.54) is 11.9 Å². The number of piperidine rings is 1. The molecule has 0 saturated carbocycles. The first-order chi connectivity index (χ1) is 12.4. The van der Waals surface area contributed by atoms with Crippen molar-refractivity contribution in [3.8, 4) is 0 Å². The highest BCUT2D eigenvalue weighted by Crippen LogP contribution is 2.30. The second-order valence-electron chi connectivity index (χ2n) is 6.78. The van der Waals surface area contributed by atoms with Crippen molar-refractivity contribution >= 4 is 11.8 Å². The first kappa shape index (κ1) is 21.0. The highest BCUT2D eigenvalue weighted by molar-refractivity contribution is 5.92. The summed E-state index contributed by atoms with van der Waals surface area (Å²) >= 11 is 0. The number of hydrogen-bond donors (Lipinski definition) is 0. The van der Waals surface area contributed by atoms with Gasteiger partial charge in [-0.1, -0.05) is 6.92 Å². The number of carbonyl (C=O) groups excluding carboxylic acids is 2. The van der Waals surface area contributed by atoms with Crippen LogP contribution in [0, 0.1) is 23.5 Å². The molecule has 0 radical (unpaired) electrons. The van der Waals surface area contributed by atoms with Gasteiger partial charge in [-0.25, -0.2) is 13.8 Å². The number of pyridine rings is 1. The van der Waals surface area contributed by atoms with Gasteiger partial charge in [-0.3, -0.25) is 9.59 Å². The van der Waals surface area contributed by atoms with E-state index in [-0.39, 0.29) is 25.4 Å². The largest absolute Gasteiger partial charge is 0.400 e. The van der Waals surface area contributed by atoms with Crippen LogP contribution in [0.5, 0.6) is 0 Å². The molecular weight excluding hydrogens is 373 g/mol. The third kappa shape index (κ3) is 4.54. The number of rotatable bonds is 3. The van der Waals surface area contributed by atoms with Crippen molar-refractivity contribution in [1.29, 1.82) is 0 Å². The Labute approximate surface area is 153 Å². The first-order valence-corrected chi connectivity index (χ1v) is 8.37. The smallest absolute Gasteiger partial charge is 0.342 e. The standard InChI is InChI=1S/C17H20F5N3O2/c1-9-8-25(15(26)10(2)17(20,21)22)5-4-13(9)24(3)16(27)14-12(19)6-11(18)7-23-14/h6-7,9-10,13H,4-5,8H2,1-3H3/t9?,10-,13?/m0/s1. The van der Waals surface area contributed by atoms with E-state index in [4.69, 9.17) is 0 Å². The molecule has 5 nitrogen and oxygen atoms in total. The van der Waals surface area contributed by atoms with E-state index < -0.39 is 47.3 Å². The lowest BCUT2D eigenvalue weighted by Gasteiger charge is -2.42. The molecule has 0 spiro atoms. The summed E-state index contributed by atoms with van der Waals surface area (Å²) in [6.07, 6.45) is -3.65. The van der Waals surface area contributed by atoms with Gasteiger partial charge in [-0.05, 0) is 19.3 Å². The van der Waals surface area contributed by atoms with E-state index in [9.17, 15) is 31.5 Å². The van der Waals surface area contributed by atoms with Gasteiger partial charge >= 0.3 is 6.18 Å². The number of hydrogen-bond acceptors (Lipinski definition) is 3. The van der Waals surface area contributed by atoms with Crippen LogP contribution in [0.2, 0.25) is 0 Å². The summed E-state index contributed by atoms with van der Waals surface area (Å²) in [7, 11) is 1.42. The maximum absolute atomic E-state index is 13.8. The van der Waals surface area contributed by atoms with Gasteiger partial charge in [0, 0.05) is 32.2 Å². The van der Waals surface area contributed by atoms with E-state index in [0.29, 0.717) is 6.07 Å². The molecular formula is C17H20F5N3O2. The molecule has 0 N–H and O–H groups in total. The Morgan fingerprint density at radius 3 is 2.48 bits per heavy atom. The normalized spacial score (nSPS) is 21.7. The van der Waals surface area contributed by atoms with Gasteiger partial charge in [0.1, 0.15) is 11.7 Å². The molecule has 10 heteroatoms. The fourth-order valence-electron chi connectivity index (χ4n) is 3.21. The summed E-state index contributed by atoms with van der Waals surface area (Å²) in [5.41, 5.74) is -0.532. The van der Waals surface area contributed by atoms with Gasteiger partial charge in [0.05, 0.1) is 6.20 Å². The van der Waals surface area contributed by atoms with Gasteiger partial charge in [0.15, 0.2) is 11.5 Å². The minimum Gasteiger partial charge on any atom is -0.342 e. The molecule has 1 aliphatic rings. The van der Waals surface area contributed by atoms with Crippen LogP contribution in [0.4, 0.5) is 22.0 Å². The van der Waals surface area contributed by atoms with E-state index in [0.717, 1.165) is 18.0 Å². The van der Waals surface area contributed by atoms with E-state index >= 15 is 0 Å². The van der Waals surface area contributed by atoms with Crippen molar-refractivity contribution in [3.05, 3.63) is 29.6 Å². The third-order valence-electron chi connectivity index (χ3n) is 4.86. The summed E-state index contributed by atoms with van der Waals surface area (Å²) in [6, 6.07) is 0.131. The summed E-state index contributed by atoms with van der Waals surface area (Å²) < 4.78 is 65.0. The summed E-state index contributed by atoms with van der Waals surface area (Å²) in [5, 5.41) is 0. The van der Waals surface area contributed by atoms with Crippen LogP contribution in [0.25, 0.3) is 0 Å². The molecule has 27 heavy (non-hydrogen) atoms. The summed E-state index contributed by atoms with van der Waals surface area (Å²) in [5.74, 6) is -6.20. The Kier molecular flexibility index (Phi) is 6.06. The van der Waals surface area contributed by atoms with Crippen molar-refractivity contribution in [3.63, 3.8) is 0 Å². The van der Waals surface area contributed by atoms with E-state index in [1.54, 1.807) is 6.92 Å². The number of carbonyl (C=O) groups is 2. The molecule has 0 aromatic carbocycles. The average molecular weight is 393 g/mol. The summed E-state index contributed by atoms with van der Waals surface area (Å²) in [6.45, 7) is 2.60. The zero-order chi connectivity index (χ0) is 20.5. The molecule has 150 valence electrons. The van der Waals surface area contributed by atoms with Crippen LogP contribution < -0.4 is 0 Å². The number of nitrogens with zero attached hydrogens (tertiary/aromatic N) is 3. The van der Waals surface area contributed by atoms with Crippen molar-refractivity contribution in [2.75, 3.05) is 20.1 Å². The Hall–Kier alpha value is -2.26. The number of likely N-dealkylation sites (tertiary alicyclic amines) is 1. The monoisotopic (exact) mass is 393 g/mol. The van der Waals surface area contributed by atoms with Crippen molar-refractivity contribution < 1.29 is 31.5 Å². The number of aromatic nitrogens is 1. The predicted octanol–water partition coefficient (Wildman–Crippen LogP) is 2.87. The van der Waals surface area contributed by atoms with Crippen LogP contribution in [-0.2, 0) is 4.79 Å². The Balaban J connectivity index is 2.07. The van der Waals surface area contributed by atoms with E-state index in [1.807, 2.05) is 0 Å². The molecule has 0 bridgehead atoms. The fourth-order valence-corrected chi connectivity index (χ4v) is 3.21. The van der Waals surface area contributed by atoms with Crippen molar-refractivity contribution in [2.24, 2.45) is 11.8 Å². The highest BCUT2D eigenvalue weighted by Gasteiger charge is 2.44. The van der Waals surface area contributed by atoms with Gasteiger partial charge in [0.2, 0.25) is 5.91 Å². The molecule has 1 aromatic heterocycles. The average Bonchev–Trinajstić information content (AvgIpc) is 2.58. The lowest BCUT2D eigenvalue weighted by molar-refractivity contribution is -0.186. The Bertz CT molecular complexity index is 725. The lowest BCUT2D eigenvalue weighted by Crippen LogP contribution is -2.54.